The Morgan fingerprint density at radius 1 is 1.54 bits per heavy atom. The molecule has 0 saturated carbocycles. The molecule has 1 nitrogen and oxygen atoms in total. The average molecular weight is 204 g/mol. The van der Waals surface area contributed by atoms with Gasteiger partial charge in [0.2, 0.25) is 0 Å². The number of rotatable bonds is 4. The molecule has 78 valence electrons. The largest absolute Gasteiger partial charge is 0.302 e. The van der Waals surface area contributed by atoms with Gasteiger partial charge in [-0.25, -0.2) is 0 Å². The Kier molecular flexibility index (Phi) is 5.12. The SMILES string of the molecule is CCCC(C)CN1CCCC(Cl)C1. The first-order chi connectivity index (χ1) is 6.22. The molecule has 0 spiro atoms. The number of hydrogen-bond donors (Lipinski definition) is 0. The maximum absolute atomic E-state index is 6.13. The zero-order valence-corrected chi connectivity index (χ0v) is 9.69. The molecule has 1 aliphatic rings. The van der Waals surface area contributed by atoms with Crippen molar-refractivity contribution in [1.29, 1.82) is 0 Å². The fraction of sp³-hybridized carbons (Fsp3) is 1.00. The summed E-state index contributed by atoms with van der Waals surface area (Å²) in [5.74, 6) is 0.840. The Labute approximate surface area is 87.4 Å². The number of piperidine rings is 1. The number of nitrogens with zero attached hydrogens (tertiary/aromatic N) is 1. The third-order valence-corrected chi connectivity index (χ3v) is 3.16. The summed E-state index contributed by atoms with van der Waals surface area (Å²) < 4.78 is 0. The third kappa shape index (κ3) is 4.33. The molecule has 0 aliphatic carbocycles. The smallest absolute Gasteiger partial charge is 0.0463 e. The predicted molar refractivity (Wildman–Crippen MR) is 59.4 cm³/mol. The first kappa shape index (κ1) is 11.3. The van der Waals surface area contributed by atoms with Crippen molar-refractivity contribution in [2.45, 2.75) is 44.9 Å². The highest BCUT2D eigenvalue weighted by Crippen LogP contribution is 2.17. The lowest BCUT2D eigenvalue weighted by atomic mass is 10.0. The van der Waals surface area contributed by atoms with Crippen LogP contribution >= 0.6 is 11.6 Å². The summed E-state index contributed by atoms with van der Waals surface area (Å²) in [5, 5.41) is 0.405. The van der Waals surface area contributed by atoms with E-state index in [0.29, 0.717) is 5.38 Å². The van der Waals surface area contributed by atoms with Gasteiger partial charge in [-0.2, -0.15) is 0 Å². The zero-order chi connectivity index (χ0) is 9.68. The monoisotopic (exact) mass is 203 g/mol. The van der Waals surface area contributed by atoms with Crippen LogP contribution in [0.15, 0.2) is 0 Å². The molecule has 1 saturated heterocycles. The summed E-state index contributed by atoms with van der Waals surface area (Å²) in [6.45, 7) is 8.22. The van der Waals surface area contributed by atoms with E-state index in [2.05, 4.69) is 18.7 Å². The van der Waals surface area contributed by atoms with Crippen LogP contribution in [0.2, 0.25) is 0 Å². The summed E-state index contributed by atoms with van der Waals surface area (Å²) in [5.41, 5.74) is 0. The highest BCUT2D eigenvalue weighted by atomic mass is 35.5. The lowest BCUT2D eigenvalue weighted by Gasteiger charge is -2.31. The maximum Gasteiger partial charge on any atom is 0.0463 e. The van der Waals surface area contributed by atoms with Crippen LogP contribution in [0.3, 0.4) is 0 Å². The van der Waals surface area contributed by atoms with Gasteiger partial charge in [-0.15, -0.1) is 11.6 Å². The fourth-order valence-corrected chi connectivity index (χ4v) is 2.54. The highest BCUT2D eigenvalue weighted by molar-refractivity contribution is 6.20. The van der Waals surface area contributed by atoms with E-state index in [0.717, 1.165) is 12.5 Å². The summed E-state index contributed by atoms with van der Waals surface area (Å²) in [4.78, 5) is 2.53. The number of alkyl halides is 1. The van der Waals surface area contributed by atoms with Gasteiger partial charge in [0.05, 0.1) is 0 Å². The number of likely N-dealkylation sites (tertiary alicyclic amines) is 1. The zero-order valence-electron chi connectivity index (χ0n) is 8.93. The molecule has 2 unspecified atom stereocenters. The van der Waals surface area contributed by atoms with E-state index in [1.807, 2.05) is 0 Å². The van der Waals surface area contributed by atoms with Gasteiger partial charge in [0.25, 0.3) is 0 Å². The molecule has 0 aromatic carbocycles. The first-order valence-corrected chi connectivity index (χ1v) is 6.02. The molecule has 2 heteroatoms. The summed E-state index contributed by atoms with van der Waals surface area (Å²) in [6.07, 6.45) is 5.15. The second-order valence-electron chi connectivity index (χ2n) is 4.39. The van der Waals surface area contributed by atoms with Crippen molar-refractivity contribution in [2.75, 3.05) is 19.6 Å². The highest BCUT2D eigenvalue weighted by Gasteiger charge is 2.18. The van der Waals surface area contributed by atoms with E-state index in [9.17, 15) is 0 Å². The van der Waals surface area contributed by atoms with Crippen LogP contribution in [0, 0.1) is 5.92 Å². The molecule has 0 bridgehead atoms. The minimum Gasteiger partial charge on any atom is -0.302 e. The summed E-state index contributed by atoms with van der Waals surface area (Å²) >= 11 is 6.13. The molecule has 0 radical (unpaired) electrons. The van der Waals surface area contributed by atoms with Crippen molar-refractivity contribution in [3.05, 3.63) is 0 Å². The molecule has 13 heavy (non-hydrogen) atoms. The van der Waals surface area contributed by atoms with Crippen LogP contribution in [-0.4, -0.2) is 29.9 Å². The minimum atomic E-state index is 0.405. The molecule has 1 heterocycles. The van der Waals surface area contributed by atoms with Crippen LogP contribution in [0.25, 0.3) is 0 Å². The fourth-order valence-electron chi connectivity index (χ4n) is 2.19. The van der Waals surface area contributed by atoms with Crippen LogP contribution in [0.5, 0.6) is 0 Å². The van der Waals surface area contributed by atoms with Gasteiger partial charge in [-0.05, 0) is 31.7 Å². The lowest BCUT2D eigenvalue weighted by Crippen LogP contribution is -2.38. The van der Waals surface area contributed by atoms with Crippen molar-refractivity contribution in [1.82, 2.24) is 4.90 Å². The average Bonchev–Trinajstić information content (AvgIpc) is 2.04. The molecule has 0 amide bonds. The Morgan fingerprint density at radius 3 is 2.92 bits per heavy atom. The van der Waals surface area contributed by atoms with Crippen molar-refractivity contribution >= 4 is 11.6 Å². The van der Waals surface area contributed by atoms with E-state index in [1.165, 1.54) is 38.8 Å². The molecule has 0 aromatic heterocycles. The van der Waals surface area contributed by atoms with Crippen LogP contribution in [-0.2, 0) is 0 Å². The summed E-state index contributed by atoms with van der Waals surface area (Å²) in [7, 11) is 0. The van der Waals surface area contributed by atoms with E-state index >= 15 is 0 Å². The van der Waals surface area contributed by atoms with Crippen molar-refractivity contribution in [3.63, 3.8) is 0 Å². The Hall–Kier alpha value is 0.250. The maximum atomic E-state index is 6.13. The third-order valence-electron chi connectivity index (χ3n) is 2.80. The Balaban J connectivity index is 2.19. The van der Waals surface area contributed by atoms with Gasteiger partial charge in [0.1, 0.15) is 0 Å². The molecule has 0 aromatic rings. The normalized spacial score (nSPS) is 27.5. The molecule has 1 fully saturated rings. The molecular weight excluding hydrogens is 182 g/mol. The van der Waals surface area contributed by atoms with Crippen molar-refractivity contribution < 1.29 is 0 Å². The van der Waals surface area contributed by atoms with Gasteiger partial charge in [0.15, 0.2) is 0 Å². The standard InChI is InChI=1S/C11H22ClN/c1-3-5-10(2)8-13-7-4-6-11(12)9-13/h10-11H,3-9H2,1-2H3. The van der Waals surface area contributed by atoms with Gasteiger partial charge < -0.3 is 4.90 Å². The molecule has 1 rings (SSSR count). The lowest BCUT2D eigenvalue weighted by molar-refractivity contribution is 0.199. The number of halogens is 1. The Bertz CT molecular complexity index is 138. The van der Waals surface area contributed by atoms with Gasteiger partial charge in [-0.1, -0.05) is 20.3 Å². The van der Waals surface area contributed by atoms with Crippen LogP contribution in [0.4, 0.5) is 0 Å². The molecule has 1 aliphatic heterocycles. The van der Waals surface area contributed by atoms with Crippen molar-refractivity contribution in [2.24, 2.45) is 5.92 Å². The van der Waals surface area contributed by atoms with E-state index in [4.69, 9.17) is 11.6 Å². The van der Waals surface area contributed by atoms with Gasteiger partial charge >= 0.3 is 0 Å². The van der Waals surface area contributed by atoms with Gasteiger partial charge in [-0.3, -0.25) is 0 Å². The topological polar surface area (TPSA) is 3.24 Å². The quantitative estimate of drug-likeness (QED) is 0.635. The van der Waals surface area contributed by atoms with E-state index in [1.54, 1.807) is 0 Å². The number of hydrogen-bond acceptors (Lipinski definition) is 1. The predicted octanol–water partition coefficient (Wildman–Crippen LogP) is 3.13. The Morgan fingerprint density at radius 2 is 2.31 bits per heavy atom. The van der Waals surface area contributed by atoms with Crippen LogP contribution in [0.1, 0.15) is 39.5 Å². The second kappa shape index (κ2) is 5.87. The van der Waals surface area contributed by atoms with Crippen molar-refractivity contribution in [3.8, 4) is 0 Å². The van der Waals surface area contributed by atoms with E-state index in [-0.39, 0.29) is 0 Å². The molecule has 2 atom stereocenters. The van der Waals surface area contributed by atoms with Crippen LogP contribution < -0.4 is 0 Å². The van der Waals surface area contributed by atoms with Gasteiger partial charge in [0, 0.05) is 18.5 Å². The molecular formula is C11H22ClN. The molecule has 0 N–H and O–H groups in total. The van der Waals surface area contributed by atoms with E-state index < -0.39 is 0 Å². The minimum absolute atomic E-state index is 0.405. The first-order valence-electron chi connectivity index (χ1n) is 5.58. The second-order valence-corrected chi connectivity index (χ2v) is 5.01. The summed E-state index contributed by atoms with van der Waals surface area (Å²) in [6, 6.07) is 0.